The van der Waals surface area contributed by atoms with Gasteiger partial charge >= 0.3 is 6.09 Å². The summed E-state index contributed by atoms with van der Waals surface area (Å²) in [7, 11) is 0. The van der Waals surface area contributed by atoms with Crippen molar-refractivity contribution in [3.05, 3.63) is 35.9 Å². The number of nitrogens with one attached hydrogen (secondary N) is 1. The minimum atomic E-state index is -0.516. The SMILES string of the molecule is CCCC(CNC(=O)OCc1ccccc1)C(=O)CCl. The number of rotatable bonds is 8. The van der Waals surface area contributed by atoms with Crippen molar-refractivity contribution in [3.8, 4) is 0 Å². The lowest BCUT2D eigenvalue weighted by molar-refractivity contribution is -0.120. The first-order valence-corrected chi connectivity index (χ1v) is 7.24. The van der Waals surface area contributed by atoms with Crippen LogP contribution in [-0.2, 0) is 16.1 Å². The molecular formula is C15H20ClNO3. The maximum absolute atomic E-state index is 11.6. The average Bonchev–Trinajstić information content (AvgIpc) is 2.49. The van der Waals surface area contributed by atoms with Gasteiger partial charge in [0.05, 0.1) is 5.88 Å². The molecule has 110 valence electrons. The number of hydrogen-bond donors (Lipinski definition) is 1. The van der Waals surface area contributed by atoms with Gasteiger partial charge in [0.15, 0.2) is 5.78 Å². The van der Waals surface area contributed by atoms with Crippen LogP contribution in [0.4, 0.5) is 4.79 Å². The zero-order valence-corrected chi connectivity index (χ0v) is 12.4. The topological polar surface area (TPSA) is 55.4 Å². The molecule has 20 heavy (non-hydrogen) atoms. The van der Waals surface area contributed by atoms with E-state index in [-0.39, 0.29) is 30.7 Å². The molecule has 1 rings (SSSR count). The highest BCUT2D eigenvalue weighted by atomic mass is 35.5. The molecule has 1 N–H and O–H groups in total. The number of carbonyl (C=O) groups is 2. The fourth-order valence-electron chi connectivity index (χ4n) is 1.82. The molecule has 1 unspecified atom stereocenters. The Morgan fingerprint density at radius 1 is 1.30 bits per heavy atom. The second kappa shape index (κ2) is 9.37. The molecule has 0 saturated carbocycles. The Bertz CT molecular complexity index is 422. The highest BCUT2D eigenvalue weighted by Gasteiger charge is 2.17. The maximum Gasteiger partial charge on any atom is 0.407 e. The van der Waals surface area contributed by atoms with E-state index >= 15 is 0 Å². The second-order valence-corrected chi connectivity index (χ2v) is 4.80. The Hall–Kier alpha value is -1.55. The van der Waals surface area contributed by atoms with Gasteiger partial charge in [-0.05, 0) is 12.0 Å². The van der Waals surface area contributed by atoms with Gasteiger partial charge in [0, 0.05) is 12.5 Å². The van der Waals surface area contributed by atoms with Gasteiger partial charge in [-0.2, -0.15) is 0 Å². The van der Waals surface area contributed by atoms with Crippen molar-refractivity contribution in [2.45, 2.75) is 26.4 Å². The first-order chi connectivity index (χ1) is 9.67. The van der Waals surface area contributed by atoms with Crippen molar-refractivity contribution in [1.29, 1.82) is 0 Å². The molecule has 0 saturated heterocycles. The summed E-state index contributed by atoms with van der Waals surface area (Å²) in [6.45, 7) is 2.48. The van der Waals surface area contributed by atoms with Gasteiger partial charge in [-0.25, -0.2) is 4.79 Å². The second-order valence-electron chi connectivity index (χ2n) is 4.53. The molecule has 1 aromatic rings. The van der Waals surface area contributed by atoms with Crippen LogP contribution in [0.15, 0.2) is 30.3 Å². The summed E-state index contributed by atoms with van der Waals surface area (Å²) < 4.78 is 5.08. The van der Waals surface area contributed by atoms with Crippen molar-refractivity contribution >= 4 is 23.5 Å². The zero-order valence-electron chi connectivity index (χ0n) is 11.6. The summed E-state index contributed by atoms with van der Waals surface area (Å²) in [4.78, 5) is 23.1. The molecule has 0 aromatic heterocycles. The summed E-state index contributed by atoms with van der Waals surface area (Å²) in [5.41, 5.74) is 0.921. The molecule has 1 atom stereocenters. The predicted molar refractivity (Wildman–Crippen MR) is 78.8 cm³/mol. The highest BCUT2D eigenvalue weighted by molar-refractivity contribution is 6.27. The van der Waals surface area contributed by atoms with Crippen LogP contribution in [-0.4, -0.2) is 24.3 Å². The van der Waals surface area contributed by atoms with Crippen molar-refractivity contribution in [1.82, 2.24) is 5.32 Å². The normalized spacial score (nSPS) is 11.7. The predicted octanol–water partition coefficient (Wildman–Crippen LogP) is 3.14. The van der Waals surface area contributed by atoms with Gasteiger partial charge in [-0.3, -0.25) is 4.79 Å². The van der Waals surface area contributed by atoms with E-state index in [1.54, 1.807) is 0 Å². The van der Waals surface area contributed by atoms with E-state index in [1.807, 2.05) is 37.3 Å². The lowest BCUT2D eigenvalue weighted by Crippen LogP contribution is -2.33. The number of ketones is 1. The van der Waals surface area contributed by atoms with E-state index in [1.165, 1.54) is 0 Å². The maximum atomic E-state index is 11.6. The largest absolute Gasteiger partial charge is 0.445 e. The van der Waals surface area contributed by atoms with E-state index in [0.29, 0.717) is 6.42 Å². The van der Waals surface area contributed by atoms with Crippen molar-refractivity contribution in [3.63, 3.8) is 0 Å². The zero-order chi connectivity index (χ0) is 14.8. The Labute approximate surface area is 124 Å². The van der Waals surface area contributed by atoms with Gasteiger partial charge < -0.3 is 10.1 Å². The number of halogens is 1. The number of alkyl halides is 1. The van der Waals surface area contributed by atoms with Crippen LogP contribution in [0.2, 0.25) is 0 Å². The first-order valence-electron chi connectivity index (χ1n) is 6.70. The third kappa shape index (κ3) is 6.06. The number of carbonyl (C=O) groups excluding carboxylic acids is 2. The van der Waals surface area contributed by atoms with Crippen molar-refractivity contribution in [2.24, 2.45) is 5.92 Å². The Balaban J connectivity index is 2.32. The van der Waals surface area contributed by atoms with Crippen LogP contribution in [0.1, 0.15) is 25.3 Å². The molecule has 0 heterocycles. The smallest absolute Gasteiger partial charge is 0.407 e. The summed E-state index contributed by atoms with van der Waals surface area (Å²) in [6.07, 6.45) is 1.07. The van der Waals surface area contributed by atoms with Gasteiger partial charge in [0.2, 0.25) is 0 Å². The number of ether oxygens (including phenoxy) is 1. The summed E-state index contributed by atoms with van der Waals surface area (Å²) in [5, 5.41) is 2.61. The molecule has 0 spiro atoms. The quantitative estimate of drug-likeness (QED) is 0.750. The molecule has 0 bridgehead atoms. The van der Waals surface area contributed by atoms with Crippen LogP contribution in [0.25, 0.3) is 0 Å². The van der Waals surface area contributed by atoms with E-state index in [9.17, 15) is 9.59 Å². The van der Waals surface area contributed by atoms with Crippen LogP contribution in [0.5, 0.6) is 0 Å². The van der Waals surface area contributed by atoms with E-state index in [4.69, 9.17) is 16.3 Å². The number of hydrogen-bond acceptors (Lipinski definition) is 3. The highest BCUT2D eigenvalue weighted by Crippen LogP contribution is 2.08. The molecule has 0 aliphatic carbocycles. The summed E-state index contributed by atoms with van der Waals surface area (Å²) in [6, 6.07) is 9.42. The fraction of sp³-hybridized carbons (Fsp3) is 0.467. The molecule has 5 heteroatoms. The van der Waals surface area contributed by atoms with Gasteiger partial charge in [0.25, 0.3) is 0 Å². The molecule has 0 aliphatic rings. The number of amides is 1. The lowest BCUT2D eigenvalue weighted by Gasteiger charge is -2.14. The Morgan fingerprint density at radius 3 is 2.60 bits per heavy atom. The number of Topliss-reactive ketones (excluding diaryl/α,β-unsaturated/α-hetero) is 1. The van der Waals surface area contributed by atoms with Crippen LogP contribution in [0.3, 0.4) is 0 Å². The molecule has 4 nitrogen and oxygen atoms in total. The average molecular weight is 298 g/mol. The number of benzene rings is 1. The molecule has 1 aromatic carbocycles. The number of alkyl carbamates (subject to hydrolysis) is 1. The minimum absolute atomic E-state index is 0.0224. The molecule has 0 aliphatic heterocycles. The van der Waals surface area contributed by atoms with E-state index in [0.717, 1.165) is 12.0 Å². The first kappa shape index (κ1) is 16.5. The van der Waals surface area contributed by atoms with Crippen molar-refractivity contribution in [2.75, 3.05) is 12.4 Å². The molecule has 1 amide bonds. The minimum Gasteiger partial charge on any atom is -0.445 e. The Kier molecular flexibility index (Phi) is 7.73. The third-order valence-electron chi connectivity index (χ3n) is 2.93. The van der Waals surface area contributed by atoms with Gasteiger partial charge in [0.1, 0.15) is 6.61 Å². The van der Waals surface area contributed by atoms with Crippen molar-refractivity contribution < 1.29 is 14.3 Å². The summed E-state index contributed by atoms with van der Waals surface area (Å²) in [5.74, 6) is -0.301. The van der Waals surface area contributed by atoms with Crippen LogP contribution in [0, 0.1) is 5.92 Å². The standard InChI is InChI=1S/C15H20ClNO3/c1-2-6-13(14(18)9-16)10-17-15(19)20-11-12-7-4-3-5-8-12/h3-5,7-8,13H,2,6,9-11H2,1H3,(H,17,19). The van der Waals surface area contributed by atoms with E-state index < -0.39 is 6.09 Å². The van der Waals surface area contributed by atoms with E-state index in [2.05, 4.69) is 5.32 Å². The van der Waals surface area contributed by atoms with Gasteiger partial charge in [-0.1, -0.05) is 43.7 Å². The lowest BCUT2D eigenvalue weighted by atomic mass is 10.00. The Morgan fingerprint density at radius 2 is 2.00 bits per heavy atom. The van der Waals surface area contributed by atoms with Crippen LogP contribution < -0.4 is 5.32 Å². The molecule has 0 fully saturated rings. The third-order valence-corrected chi connectivity index (χ3v) is 3.19. The fourth-order valence-corrected chi connectivity index (χ4v) is 2.03. The monoisotopic (exact) mass is 297 g/mol. The van der Waals surface area contributed by atoms with Crippen LogP contribution >= 0.6 is 11.6 Å². The summed E-state index contributed by atoms with van der Waals surface area (Å²) >= 11 is 5.55. The van der Waals surface area contributed by atoms with Gasteiger partial charge in [-0.15, -0.1) is 11.6 Å². The molecular weight excluding hydrogens is 278 g/mol. The molecule has 0 radical (unpaired) electrons.